The number of halogens is 4. The van der Waals surface area contributed by atoms with Crippen LogP contribution < -0.4 is 10.1 Å². The van der Waals surface area contributed by atoms with E-state index in [1.807, 2.05) is 0 Å². The first-order valence-electron chi connectivity index (χ1n) is 7.20. The number of amides is 1. The molecular weight excluding hydrogens is 342 g/mol. The molecule has 0 spiro atoms. The Bertz CT molecular complexity index is 748. The fourth-order valence-corrected chi connectivity index (χ4v) is 2.16. The smallest absolute Gasteiger partial charge is 0.387 e. The number of alkyl halides is 2. The van der Waals surface area contributed by atoms with Gasteiger partial charge in [-0.3, -0.25) is 4.79 Å². The predicted molar refractivity (Wildman–Crippen MR) is 81.3 cm³/mol. The van der Waals surface area contributed by atoms with E-state index in [1.165, 1.54) is 31.2 Å². The topological polar surface area (TPSA) is 58.6 Å². The minimum Gasteiger partial charge on any atom is -0.435 e. The summed E-state index contributed by atoms with van der Waals surface area (Å²) < 4.78 is 55.0. The zero-order valence-corrected chi connectivity index (χ0v) is 13.1. The molecule has 2 rings (SSSR count). The zero-order valence-electron chi connectivity index (χ0n) is 13.1. The fraction of sp³-hybridized carbons (Fsp3) is 0.235. The number of benzene rings is 2. The summed E-state index contributed by atoms with van der Waals surface area (Å²) in [5, 5.41) is 12.7. The average molecular weight is 357 g/mol. The standard InChI is InChI=1S/C17H15F4NO3/c1-17(24,13-7-4-11(18)8-14(13)19)9-22-15(23)10-2-5-12(6-3-10)25-16(20)21/h2-8,16,24H,9H2,1H3,(H,22,23). The van der Waals surface area contributed by atoms with Crippen molar-refractivity contribution in [2.24, 2.45) is 0 Å². The molecule has 0 aliphatic carbocycles. The van der Waals surface area contributed by atoms with E-state index in [2.05, 4.69) is 10.1 Å². The first-order valence-corrected chi connectivity index (χ1v) is 7.20. The molecule has 0 saturated carbocycles. The zero-order chi connectivity index (χ0) is 18.6. The maximum atomic E-state index is 13.8. The van der Waals surface area contributed by atoms with Crippen LogP contribution in [0.5, 0.6) is 5.75 Å². The average Bonchev–Trinajstić information content (AvgIpc) is 2.52. The van der Waals surface area contributed by atoms with Crippen LogP contribution in [-0.4, -0.2) is 24.2 Å². The number of aliphatic hydroxyl groups is 1. The van der Waals surface area contributed by atoms with E-state index in [9.17, 15) is 27.5 Å². The maximum absolute atomic E-state index is 13.8. The summed E-state index contributed by atoms with van der Waals surface area (Å²) in [5.41, 5.74) is -1.81. The Morgan fingerprint density at radius 1 is 1.20 bits per heavy atom. The van der Waals surface area contributed by atoms with Crippen molar-refractivity contribution < 1.29 is 32.2 Å². The molecule has 0 aliphatic heterocycles. The van der Waals surface area contributed by atoms with Crippen LogP contribution in [0.2, 0.25) is 0 Å². The van der Waals surface area contributed by atoms with E-state index in [4.69, 9.17) is 0 Å². The van der Waals surface area contributed by atoms with E-state index in [-0.39, 0.29) is 23.4 Å². The van der Waals surface area contributed by atoms with E-state index >= 15 is 0 Å². The van der Waals surface area contributed by atoms with E-state index < -0.39 is 29.8 Å². The van der Waals surface area contributed by atoms with Gasteiger partial charge < -0.3 is 15.2 Å². The lowest BCUT2D eigenvalue weighted by atomic mass is 9.95. The van der Waals surface area contributed by atoms with Crippen LogP contribution in [0, 0.1) is 11.6 Å². The summed E-state index contributed by atoms with van der Waals surface area (Å²) in [7, 11) is 0. The highest BCUT2D eigenvalue weighted by Crippen LogP contribution is 2.23. The molecule has 2 aromatic carbocycles. The number of hydrogen-bond donors (Lipinski definition) is 2. The number of carbonyl (C=O) groups is 1. The van der Waals surface area contributed by atoms with Crippen molar-refractivity contribution >= 4 is 5.91 Å². The van der Waals surface area contributed by atoms with E-state index in [0.717, 1.165) is 12.1 Å². The summed E-state index contributed by atoms with van der Waals surface area (Å²) in [6.07, 6.45) is 0. The fourth-order valence-electron chi connectivity index (χ4n) is 2.16. The molecule has 1 amide bonds. The summed E-state index contributed by atoms with van der Waals surface area (Å²) in [5.74, 6) is -2.43. The SMILES string of the molecule is CC(O)(CNC(=O)c1ccc(OC(F)F)cc1)c1ccc(F)cc1F. The lowest BCUT2D eigenvalue weighted by Gasteiger charge is -2.24. The van der Waals surface area contributed by atoms with Gasteiger partial charge in [0.15, 0.2) is 0 Å². The van der Waals surface area contributed by atoms with Crippen LogP contribution in [0.15, 0.2) is 42.5 Å². The first kappa shape index (κ1) is 18.7. The second-order valence-electron chi connectivity index (χ2n) is 5.48. The van der Waals surface area contributed by atoms with Gasteiger partial charge in [-0.1, -0.05) is 6.07 Å². The van der Waals surface area contributed by atoms with Gasteiger partial charge in [-0.25, -0.2) is 8.78 Å². The molecule has 2 aromatic rings. The molecule has 134 valence electrons. The van der Waals surface area contributed by atoms with Crippen LogP contribution in [0.4, 0.5) is 17.6 Å². The summed E-state index contributed by atoms with van der Waals surface area (Å²) in [6, 6.07) is 7.63. The molecule has 2 N–H and O–H groups in total. The van der Waals surface area contributed by atoms with Crippen LogP contribution in [-0.2, 0) is 5.60 Å². The quantitative estimate of drug-likeness (QED) is 0.781. The normalized spacial score (nSPS) is 13.4. The number of carbonyl (C=O) groups excluding carboxylic acids is 1. The van der Waals surface area contributed by atoms with Crippen LogP contribution >= 0.6 is 0 Å². The Kier molecular flexibility index (Phi) is 5.63. The van der Waals surface area contributed by atoms with Gasteiger partial charge in [-0.15, -0.1) is 0 Å². The van der Waals surface area contributed by atoms with E-state index in [1.54, 1.807) is 0 Å². The highest BCUT2D eigenvalue weighted by Gasteiger charge is 2.27. The number of hydrogen-bond acceptors (Lipinski definition) is 3. The van der Waals surface area contributed by atoms with Gasteiger partial charge in [0.25, 0.3) is 5.91 Å². The molecule has 25 heavy (non-hydrogen) atoms. The number of nitrogens with one attached hydrogen (secondary N) is 1. The number of ether oxygens (including phenoxy) is 1. The van der Waals surface area contributed by atoms with Crippen molar-refractivity contribution in [1.29, 1.82) is 0 Å². The summed E-state index contributed by atoms with van der Waals surface area (Å²) in [6.45, 7) is -2.05. The molecule has 0 fully saturated rings. The molecule has 1 unspecified atom stereocenters. The second kappa shape index (κ2) is 7.52. The second-order valence-corrected chi connectivity index (χ2v) is 5.48. The molecule has 1 atom stereocenters. The molecule has 4 nitrogen and oxygen atoms in total. The molecule has 8 heteroatoms. The maximum Gasteiger partial charge on any atom is 0.387 e. The molecular formula is C17H15F4NO3. The van der Waals surface area contributed by atoms with Gasteiger partial charge in [-0.05, 0) is 37.3 Å². The Labute approximate surface area is 141 Å². The van der Waals surface area contributed by atoms with Crippen molar-refractivity contribution in [2.75, 3.05) is 6.54 Å². The van der Waals surface area contributed by atoms with Crippen molar-refractivity contribution in [3.8, 4) is 5.75 Å². The third-order valence-electron chi connectivity index (χ3n) is 3.45. The summed E-state index contributed by atoms with van der Waals surface area (Å²) in [4.78, 5) is 12.0. The van der Waals surface area contributed by atoms with Crippen molar-refractivity contribution in [2.45, 2.75) is 19.1 Å². The van der Waals surface area contributed by atoms with Gasteiger partial charge in [0.05, 0.1) is 6.54 Å². The Morgan fingerprint density at radius 3 is 2.40 bits per heavy atom. The van der Waals surface area contributed by atoms with Gasteiger partial charge in [0.2, 0.25) is 0 Å². The van der Waals surface area contributed by atoms with Crippen molar-refractivity contribution in [1.82, 2.24) is 5.32 Å². The van der Waals surface area contributed by atoms with Gasteiger partial charge >= 0.3 is 6.61 Å². The summed E-state index contributed by atoms with van der Waals surface area (Å²) >= 11 is 0. The minimum atomic E-state index is -2.97. The molecule has 0 bridgehead atoms. The van der Waals surface area contributed by atoms with Gasteiger partial charge in [0, 0.05) is 17.2 Å². The highest BCUT2D eigenvalue weighted by atomic mass is 19.3. The van der Waals surface area contributed by atoms with Crippen LogP contribution in [0.1, 0.15) is 22.8 Å². The molecule has 0 heterocycles. The third kappa shape index (κ3) is 4.93. The molecule has 0 saturated heterocycles. The van der Waals surface area contributed by atoms with Crippen molar-refractivity contribution in [3.05, 3.63) is 65.2 Å². The third-order valence-corrected chi connectivity index (χ3v) is 3.45. The Balaban J connectivity index is 2.03. The van der Waals surface area contributed by atoms with E-state index in [0.29, 0.717) is 6.07 Å². The largest absolute Gasteiger partial charge is 0.435 e. The van der Waals surface area contributed by atoms with Crippen LogP contribution in [0.25, 0.3) is 0 Å². The highest BCUT2D eigenvalue weighted by molar-refractivity contribution is 5.94. The monoisotopic (exact) mass is 357 g/mol. The van der Waals surface area contributed by atoms with Crippen LogP contribution in [0.3, 0.4) is 0 Å². The minimum absolute atomic E-state index is 0.105. The molecule has 0 aliphatic rings. The predicted octanol–water partition coefficient (Wildman–Crippen LogP) is 3.20. The molecule has 0 aromatic heterocycles. The molecule has 0 radical (unpaired) electrons. The Hall–Kier alpha value is -2.61. The number of rotatable bonds is 6. The lowest BCUT2D eigenvalue weighted by molar-refractivity contribution is -0.0498. The van der Waals surface area contributed by atoms with Gasteiger partial charge in [-0.2, -0.15) is 8.78 Å². The lowest BCUT2D eigenvalue weighted by Crippen LogP contribution is -2.39. The first-order chi connectivity index (χ1) is 11.7. The van der Waals surface area contributed by atoms with Crippen molar-refractivity contribution in [3.63, 3.8) is 0 Å². The van der Waals surface area contributed by atoms with Gasteiger partial charge in [0.1, 0.15) is 23.0 Å². The Morgan fingerprint density at radius 2 is 1.84 bits per heavy atom.